The number of carbonyl (C=O) groups excluding carboxylic acids is 1. The molecule has 4 nitrogen and oxygen atoms in total. The topological polar surface area (TPSA) is 61.4 Å². The van der Waals surface area contributed by atoms with Gasteiger partial charge >= 0.3 is 6.03 Å². The maximum Gasteiger partial charge on any atom is 0.319 e. The standard InChI is InChI=1S/C13H19BrN2O2S/c1-10-9-11(3-4-12(10)14)16-13(18)15-5-8-19-7-2-6-17/h3-4,9,17H,2,5-8H2,1H3,(H2,15,16,18). The number of amides is 2. The summed E-state index contributed by atoms with van der Waals surface area (Å²) in [5, 5.41) is 14.2. The fraction of sp³-hybridized carbons (Fsp3) is 0.462. The average molecular weight is 347 g/mol. The summed E-state index contributed by atoms with van der Waals surface area (Å²) in [6.07, 6.45) is 0.801. The lowest BCUT2D eigenvalue weighted by Crippen LogP contribution is -2.30. The van der Waals surface area contributed by atoms with Crippen LogP contribution in [0.3, 0.4) is 0 Å². The van der Waals surface area contributed by atoms with E-state index in [0.29, 0.717) is 6.54 Å². The molecular formula is C13H19BrN2O2S. The molecule has 0 bridgehead atoms. The highest BCUT2D eigenvalue weighted by Gasteiger charge is 2.02. The molecule has 0 aromatic heterocycles. The molecule has 0 spiro atoms. The van der Waals surface area contributed by atoms with Gasteiger partial charge in [0.15, 0.2) is 0 Å². The highest BCUT2D eigenvalue weighted by atomic mass is 79.9. The van der Waals surface area contributed by atoms with Crippen LogP contribution in [0, 0.1) is 6.92 Å². The molecule has 0 heterocycles. The number of hydrogen-bond donors (Lipinski definition) is 3. The largest absolute Gasteiger partial charge is 0.396 e. The van der Waals surface area contributed by atoms with Crippen LogP contribution in [-0.2, 0) is 0 Å². The number of nitrogens with one attached hydrogen (secondary N) is 2. The molecule has 6 heteroatoms. The second-order valence-corrected chi connectivity index (χ2v) is 6.11. The van der Waals surface area contributed by atoms with Crippen LogP contribution in [0.15, 0.2) is 22.7 Å². The van der Waals surface area contributed by atoms with Crippen molar-refractivity contribution in [1.29, 1.82) is 0 Å². The Morgan fingerprint density at radius 3 is 2.89 bits per heavy atom. The molecule has 0 unspecified atom stereocenters. The van der Waals surface area contributed by atoms with Crippen LogP contribution in [0.2, 0.25) is 0 Å². The van der Waals surface area contributed by atoms with Gasteiger partial charge in [0.2, 0.25) is 0 Å². The highest BCUT2D eigenvalue weighted by Crippen LogP contribution is 2.19. The monoisotopic (exact) mass is 346 g/mol. The minimum atomic E-state index is -0.190. The molecule has 2 amide bonds. The van der Waals surface area contributed by atoms with Gasteiger partial charge in [0.05, 0.1) is 0 Å². The Morgan fingerprint density at radius 2 is 2.21 bits per heavy atom. The summed E-state index contributed by atoms with van der Waals surface area (Å²) in [4.78, 5) is 11.6. The van der Waals surface area contributed by atoms with Gasteiger partial charge in [-0.15, -0.1) is 0 Å². The zero-order chi connectivity index (χ0) is 14.1. The SMILES string of the molecule is Cc1cc(NC(=O)NCCSCCCO)ccc1Br. The number of aryl methyl sites for hydroxylation is 1. The van der Waals surface area contributed by atoms with Crippen molar-refractivity contribution in [2.24, 2.45) is 0 Å². The van der Waals surface area contributed by atoms with Crippen LogP contribution in [-0.4, -0.2) is 35.8 Å². The first-order valence-corrected chi connectivity index (χ1v) is 8.08. The quantitative estimate of drug-likeness (QED) is 0.665. The van der Waals surface area contributed by atoms with E-state index in [0.717, 1.165) is 33.7 Å². The fourth-order valence-electron chi connectivity index (χ4n) is 1.40. The van der Waals surface area contributed by atoms with Crippen molar-refractivity contribution in [1.82, 2.24) is 5.32 Å². The molecule has 1 rings (SSSR count). The Kier molecular flexibility index (Phi) is 7.93. The smallest absolute Gasteiger partial charge is 0.319 e. The first-order chi connectivity index (χ1) is 9.13. The minimum absolute atomic E-state index is 0.190. The Morgan fingerprint density at radius 1 is 1.42 bits per heavy atom. The Bertz CT molecular complexity index is 416. The maximum absolute atomic E-state index is 11.6. The molecule has 106 valence electrons. The van der Waals surface area contributed by atoms with E-state index in [-0.39, 0.29) is 12.6 Å². The van der Waals surface area contributed by atoms with Crippen LogP contribution in [0.25, 0.3) is 0 Å². The molecule has 19 heavy (non-hydrogen) atoms. The zero-order valence-corrected chi connectivity index (χ0v) is 13.3. The third-order valence-electron chi connectivity index (χ3n) is 2.39. The van der Waals surface area contributed by atoms with Gasteiger partial charge in [0.1, 0.15) is 0 Å². The van der Waals surface area contributed by atoms with Gasteiger partial charge in [-0.05, 0) is 42.9 Å². The Labute approximate surface area is 126 Å². The lowest BCUT2D eigenvalue weighted by Gasteiger charge is -2.08. The van der Waals surface area contributed by atoms with Crippen molar-refractivity contribution < 1.29 is 9.90 Å². The van der Waals surface area contributed by atoms with E-state index in [1.165, 1.54) is 0 Å². The number of aliphatic hydroxyl groups is 1. The molecule has 0 radical (unpaired) electrons. The van der Waals surface area contributed by atoms with Gasteiger partial charge in [-0.1, -0.05) is 15.9 Å². The number of benzene rings is 1. The lowest BCUT2D eigenvalue weighted by atomic mass is 10.2. The molecule has 0 aliphatic rings. The molecule has 0 saturated carbocycles. The van der Waals surface area contributed by atoms with E-state index in [1.54, 1.807) is 11.8 Å². The van der Waals surface area contributed by atoms with Gasteiger partial charge in [-0.2, -0.15) is 11.8 Å². The molecule has 1 aromatic carbocycles. The number of aliphatic hydroxyl groups excluding tert-OH is 1. The van der Waals surface area contributed by atoms with Crippen LogP contribution in [0.5, 0.6) is 0 Å². The summed E-state index contributed by atoms with van der Waals surface area (Å²) in [5.74, 6) is 1.78. The van der Waals surface area contributed by atoms with Crippen LogP contribution < -0.4 is 10.6 Å². The van der Waals surface area contributed by atoms with Crippen molar-refractivity contribution in [3.05, 3.63) is 28.2 Å². The average Bonchev–Trinajstić information content (AvgIpc) is 2.38. The first kappa shape index (κ1) is 16.3. The van der Waals surface area contributed by atoms with E-state index in [4.69, 9.17) is 5.11 Å². The molecule has 3 N–H and O–H groups in total. The molecule has 1 aromatic rings. The van der Waals surface area contributed by atoms with E-state index in [9.17, 15) is 4.79 Å². The fourth-order valence-corrected chi connectivity index (χ4v) is 2.43. The Balaban J connectivity index is 2.21. The second kappa shape index (κ2) is 9.23. The normalized spacial score (nSPS) is 10.3. The van der Waals surface area contributed by atoms with E-state index < -0.39 is 0 Å². The van der Waals surface area contributed by atoms with Gasteiger partial charge in [0, 0.05) is 29.1 Å². The van der Waals surface area contributed by atoms with Gasteiger partial charge in [-0.3, -0.25) is 0 Å². The van der Waals surface area contributed by atoms with E-state index in [1.807, 2.05) is 25.1 Å². The minimum Gasteiger partial charge on any atom is -0.396 e. The van der Waals surface area contributed by atoms with Gasteiger partial charge < -0.3 is 15.7 Å². The van der Waals surface area contributed by atoms with Crippen molar-refractivity contribution in [2.45, 2.75) is 13.3 Å². The van der Waals surface area contributed by atoms with Crippen LogP contribution in [0.1, 0.15) is 12.0 Å². The van der Waals surface area contributed by atoms with Crippen molar-refractivity contribution >= 4 is 39.4 Å². The highest BCUT2D eigenvalue weighted by molar-refractivity contribution is 9.10. The van der Waals surface area contributed by atoms with E-state index in [2.05, 4.69) is 26.6 Å². The predicted molar refractivity (Wildman–Crippen MR) is 84.9 cm³/mol. The van der Waals surface area contributed by atoms with Crippen LogP contribution in [0.4, 0.5) is 10.5 Å². The number of thioether (sulfide) groups is 1. The summed E-state index contributed by atoms with van der Waals surface area (Å²) in [5.41, 5.74) is 1.86. The number of hydrogen-bond acceptors (Lipinski definition) is 3. The molecule has 0 saturated heterocycles. The lowest BCUT2D eigenvalue weighted by molar-refractivity contribution is 0.252. The number of anilines is 1. The van der Waals surface area contributed by atoms with Crippen molar-refractivity contribution in [3.8, 4) is 0 Å². The number of carbonyl (C=O) groups is 1. The summed E-state index contributed by atoms with van der Waals surface area (Å²) in [6.45, 7) is 2.83. The summed E-state index contributed by atoms with van der Waals surface area (Å²) < 4.78 is 1.03. The van der Waals surface area contributed by atoms with Crippen LogP contribution >= 0.6 is 27.7 Å². The number of urea groups is 1. The van der Waals surface area contributed by atoms with E-state index >= 15 is 0 Å². The Hall–Kier alpha value is -0.720. The first-order valence-electron chi connectivity index (χ1n) is 6.13. The molecule has 0 fully saturated rings. The van der Waals surface area contributed by atoms with Gasteiger partial charge in [0.25, 0.3) is 0 Å². The predicted octanol–water partition coefficient (Wildman–Crippen LogP) is 2.99. The third-order valence-corrected chi connectivity index (χ3v) is 4.35. The summed E-state index contributed by atoms with van der Waals surface area (Å²) in [7, 11) is 0. The molecule has 0 aliphatic heterocycles. The summed E-state index contributed by atoms with van der Waals surface area (Å²) >= 11 is 5.14. The molecular weight excluding hydrogens is 328 g/mol. The number of rotatable bonds is 7. The maximum atomic E-state index is 11.6. The van der Waals surface area contributed by atoms with Crippen molar-refractivity contribution in [2.75, 3.05) is 30.0 Å². The zero-order valence-electron chi connectivity index (χ0n) is 10.9. The molecule has 0 atom stereocenters. The van der Waals surface area contributed by atoms with Crippen molar-refractivity contribution in [3.63, 3.8) is 0 Å². The summed E-state index contributed by atoms with van der Waals surface area (Å²) in [6, 6.07) is 5.49. The molecule has 0 aliphatic carbocycles. The van der Waals surface area contributed by atoms with Gasteiger partial charge in [-0.25, -0.2) is 4.79 Å². The second-order valence-electron chi connectivity index (χ2n) is 4.03. The third kappa shape index (κ3) is 6.84. The number of halogens is 1.